The molecule has 0 spiro atoms. The van der Waals surface area contributed by atoms with Crippen molar-refractivity contribution in [1.29, 1.82) is 0 Å². The van der Waals surface area contributed by atoms with Gasteiger partial charge in [-0.25, -0.2) is 0 Å². The van der Waals surface area contributed by atoms with Crippen molar-refractivity contribution in [1.82, 2.24) is 0 Å². The predicted octanol–water partition coefficient (Wildman–Crippen LogP) is 2.64. The van der Waals surface area contributed by atoms with E-state index in [0.29, 0.717) is 6.04 Å². The Hall–Kier alpha value is -0.250. The van der Waals surface area contributed by atoms with Gasteiger partial charge in [0.25, 0.3) is 0 Å². The Morgan fingerprint density at radius 1 is 1.50 bits per heavy atom. The van der Waals surface area contributed by atoms with E-state index in [0.717, 1.165) is 34.7 Å². The summed E-state index contributed by atoms with van der Waals surface area (Å²) in [6.45, 7) is 1.93. The molecule has 2 rings (SSSR count). The Morgan fingerprint density at radius 3 is 2.93 bits per heavy atom. The number of nitrogens with two attached hydrogens (primary N) is 1. The van der Waals surface area contributed by atoms with Crippen LogP contribution in [-0.4, -0.2) is 19.1 Å². The molecule has 76 valence electrons. The summed E-state index contributed by atoms with van der Waals surface area (Å²) < 4.78 is 0.968. The standard InChI is InChI=1S/C10H12BrClN2/c11-10-8(12)2-1-3-9(10)14-5-4-7(13)6-14/h1-3,7H,4-6,13H2. The zero-order chi connectivity index (χ0) is 10.1. The van der Waals surface area contributed by atoms with Crippen molar-refractivity contribution in [2.45, 2.75) is 12.5 Å². The zero-order valence-electron chi connectivity index (χ0n) is 7.71. The highest BCUT2D eigenvalue weighted by molar-refractivity contribution is 9.10. The van der Waals surface area contributed by atoms with Gasteiger partial charge in [-0.2, -0.15) is 0 Å². The van der Waals surface area contributed by atoms with Gasteiger partial charge in [-0.15, -0.1) is 0 Å². The van der Waals surface area contributed by atoms with Gasteiger partial charge in [0.05, 0.1) is 15.2 Å². The van der Waals surface area contributed by atoms with E-state index in [2.05, 4.69) is 26.9 Å². The van der Waals surface area contributed by atoms with Crippen LogP contribution in [-0.2, 0) is 0 Å². The molecular weight excluding hydrogens is 263 g/mol. The van der Waals surface area contributed by atoms with Crippen LogP contribution in [0, 0.1) is 0 Å². The van der Waals surface area contributed by atoms with Crippen molar-refractivity contribution < 1.29 is 0 Å². The molecule has 0 amide bonds. The minimum atomic E-state index is 0.292. The summed E-state index contributed by atoms with van der Waals surface area (Å²) in [5.74, 6) is 0. The molecule has 2 nitrogen and oxygen atoms in total. The topological polar surface area (TPSA) is 29.3 Å². The van der Waals surface area contributed by atoms with Crippen LogP contribution in [0.1, 0.15) is 6.42 Å². The van der Waals surface area contributed by atoms with Crippen LogP contribution in [0.4, 0.5) is 5.69 Å². The molecule has 0 aliphatic carbocycles. The maximum absolute atomic E-state index is 6.02. The fraction of sp³-hybridized carbons (Fsp3) is 0.400. The lowest BCUT2D eigenvalue weighted by Crippen LogP contribution is -2.26. The van der Waals surface area contributed by atoms with Gasteiger partial charge in [0.15, 0.2) is 0 Å². The Morgan fingerprint density at radius 2 is 2.29 bits per heavy atom. The summed E-state index contributed by atoms with van der Waals surface area (Å²) in [6.07, 6.45) is 1.05. The molecule has 1 aromatic rings. The Balaban J connectivity index is 2.28. The van der Waals surface area contributed by atoms with E-state index in [9.17, 15) is 0 Å². The number of hydrogen-bond donors (Lipinski definition) is 1. The van der Waals surface area contributed by atoms with Crippen LogP contribution in [0.25, 0.3) is 0 Å². The van der Waals surface area contributed by atoms with Crippen LogP contribution in [0.3, 0.4) is 0 Å². The molecule has 1 atom stereocenters. The highest BCUT2D eigenvalue weighted by Gasteiger charge is 2.21. The lowest BCUT2D eigenvalue weighted by molar-refractivity contribution is 0.752. The molecule has 1 unspecified atom stereocenters. The first-order valence-corrected chi connectivity index (χ1v) is 5.80. The van der Waals surface area contributed by atoms with Crippen LogP contribution in [0.15, 0.2) is 22.7 Å². The molecule has 0 saturated carbocycles. The van der Waals surface area contributed by atoms with Gasteiger partial charge in [-0.1, -0.05) is 17.7 Å². The maximum atomic E-state index is 6.02. The van der Waals surface area contributed by atoms with Crippen molar-refractivity contribution in [2.24, 2.45) is 5.73 Å². The van der Waals surface area contributed by atoms with E-state index in [4.69, 9.17) is 17.3 Å². The van der Waals surface area contributed by atoms with Crippen molar-refractivity contribution in [3.8, 4) is 0 Å². The van der Waals surface area contributed by atoms with Crippen LogP contribution < -0.4 is 10.6 Å². The van der Waals surface area contributed by atoms with Gasteiger partial charge in [0, 0.05) is 19.1 Å². The van der Waals surface area contributed by atoms with E-state index in [1.807, 2.05) is 12.1 Å². The van der Waals surface area contributed by atoms with Gasteiger partial charge in [-0.3, -0.25) is 0 Å². The SMILES string of the molecule is NC1CCN(c2cccc(Cl)c2Br)C1. The van der Waals surface area contributed by atoms with Gasteiger partial charge in [0.1, 0.15) is 0 Å². The quantitative estimate of drug-likeness (QED) is 0.854. The number of rotatable bonds is 1. The highest BCUT2D eigenvalue weighted by atomic mass is 79.9. The number of hydrogen-bond acceptors (Lipinski definition) is 2. The van der Waals surface area contributed by atoms with Crippen molar-refractivity contribution in [2.75, 3.05) is 18.0 Å². The molecule has 0 bridgehead atoms. The third-order valence-electron chi connectivity index (χ3n) is 2.50. The van der Waals surface area contributed by atoms with E-state index >= 15 is 0 Å². The molecule has 1 saturated heterocycles. The molecule has 1 aliphatic heterocycles. The Bertz CT molecular complexity index is 343. The number of benzene rings is 1. The van der Waals surface area contributed by atoms with Crippen LogP contribution in [0.2, 0.25) is 5.02 Å². The third-order valence-corrected chi connectivity index (χ3v) is 3.87. The number of nitrogens with zero attached hydrogens (tertiary/aromatic N) is 1. The van der Waals surface area contributed by atoms with E-state index in [-0.39, 0.29) is 0 Å². The first-order chi connectivity index (χ1) is 6.68. The Kier molecular flexibility index (Phi) is 3.00. The van der Waals surface area contributed by atoms with E-state index in [1.165, 1.54) is 0 Å². The lowest BCUT2D eigenvalue weighted by atomic mass is 10.3. The average Bonchev–Trinajstić information content (AvgIpc) is 2.57. The molecule has 0 aromatic heterocycles. The molecule has 1 aromatic carbocycles. The summed E-state index contributed by atoms with van der Waals surface area (Å²) in [5.41, 5.74) is 7.00. The fourth-order valence-corrected chi connectivity index (χ4v) is 2.43. The van der Waals surface area contributed by atoms with E-state index in [1.54, 1.807) is 0 Å². The van der Waals surface area contributed by atoms with E-state index < -0.39 is 0 Å². The molecule has 0 radical (unpaired) electrons. The van der Waals surface area contributed by atoms with Gasteiger partial charge in [0.2, 0.25) is 0 Å². The molecule has 1 fully saturated rings. The highest BCUT2D eigenvalue weighted by Crippen LogP contribution is 2.34. The van der Waals surface area contributed by atoms with Crippen LogP contribution >= 0.6 is 27.5 Å². The number of halogens is 2. The first-order valence-electron chi connectivity index (χ1n) is 4.63. The largest absolute Gasteiger partial charge is 0.369 e. The van der Waals surface area contributed by atoms with Crippen molar-refractivity contribution in [3.63, 3.8) is 0 Å². The zero-order valence-corrected chi connectivity index (χ0v) is 10.1. The molecule has 2 N–H and O–H groups in total. The van der Waals surface area contributed by atoms with Crippen molar-refractivity contribution >= 4 is 33.2 Å². The van der Waals surface area contributed by atoms with Gasteiger partial charge >= 0.3 is 0 Å². The van der Waals surface area contributed by atoms with Crippen molar-refractivity contribution in [3.05, 3.63) is 27.7 Å². The summed E-state index contributed by atoms with van der Waals surface area (Å²) in [6, 6.07) is 6.20. The van der Waals surface area contributed by atoms with Gasteiger partial charge in [-0.05, 0) is 34.5 Å². The molecule has 4 heteroatoms. The second-order valence-corrected chi connectivity index (χ2v) is 4.77. The smallest absolute Gasteiger partial charge is 0.0595 e. The monoisotopic (exact) mass is 274 g/mol. The second-order valence-electron chi connectivity index (χ2n) is 3.57. The maximum Gasteiger partial charge on any atom is 0.0595 e. The Labute approximate surface area is 97.2 Å². The summed E-state index contributed by atoms with van der Waals surface area (Å²) in [5, 5.41) is 0.753. The normalized spacial score (nSPS) is 21.6. The molecule has 1 heterocycles. The fourth-order valence-electron chi connectivity index (χ4n) is 1.74. The molecule has 1 aliphatic rings. The summed E-state index contributed by atoms with van der Waals surface area (Å²) in [4.78, 5) is 2.26. The minimum absolute atomic E-state index is 0.292. The summed E-state index contributed by atoms with van der Waals surface area (Å²) >= 11 is 9.52. The lowest BCUT2D eigenvalue weighted by Gasteiger charge is -2.20. The average molecular weight is 276 g/mol. The predicted molar refractivity (Wildman–Crippen MR) is 64.0 cm³/mol. The van der Waals surface area contributed by atoms with Gasteiger partial charge < -0.3 is 10.6 Å². The third kappa shape index (κ3) is 1.90. The second kappa shape index (κ2) is 4.09. The van der Waals surface area contributed by atoms with Crippen LogP contribution in [0.5, 0.6) is 0 Å². The summed E-state index contributed by atoms with van der Waals surface area (Å²) in [7, 11) is 0. The molecule has 14 heavy (non-hydrogen) atoms. The minimum Gasteiger partial charge on any atom is -0.369 e. The molecular formula is C10H12BrClN2. The first kappa shape index (κ1) is 10.3. The number of anilines is 1.